The smallest absolute Gasteiger partial charge is 0.185 e. The Labute approximate surface area is 162 Å². The number of aromatic nitrogens is 3. The number of pyridine rings is 1. The highest BCUT2D eigenvalue weighted by Gasteiger charge is 2.32. The van der Waals surface area contributed by atoms with E-state index in [1.807, 2.05) is 48.0 Å². The summed E-state index contributed by atoms with van der Waals surface area (Å²) in [6.45, 7) is 2.58. The Morgan fingerprint density at radius 3 is 2.93 bits per heavy atom. The van der Waals surface area contributed by atoms with Gasteiger partial charge in [-0.1, -0.05) is 24.3 Å². The van der Waals surface area contributed by atoms with Gasteiger partial charge in [0.1, 0.15) is 28.8 Å². The van der Waals surface area contributed by atoms with Gasteiger partial charge in [0.2, 0.25) is 0 Å². The second-order valence-electron chi connectivity index (χ2n) is 6.99. The summed E-state index contributed by atoms with van der Waals surface area (Å²) in [5, 5.41) is 13.2. The van der Waals surface area contributed by atoms with E-state index >= 15 is 0 Å². The van der Waals surface area contributed by atoms with E-state index in [4.69, 9.17) is 16.0 Å². The minimum Gasteiger partial charge on any atom is -0.382 e. The Morgan fingerprint density at radius 2 is 2.18 bits per heavy atom. The Balaban J connectivity index is 1.59. The van der Waals surface area contributed by atoms with Gasteiger partial charge in [0.25, 0.3) is 0 Å². The topological polar surface area (TPSA) is 110 Å². The largest absolute Gasteiger partial charge is 0.382 e. The molecule has 3 heterocycles. The molecule has 1 aromatic carbocycles. The third-order valence-electron chi connectivity index (χ3n) is 4.90. The molecule has 0 radical (unpaired) electrons. The van der Waals surface area contributed by atoms with Crippen molar-refractivity contribution in [3.8, 4) is 6.07 Å². The van der Waals surface area contributed by atoms with Crippen LogP contribution in [0.1, 0.15) is 39.8 Å². The quantitative estimate of drug-likeness (QED) is 0.708. The van der Waals surface area contributed by atoms with Crippen LogP contribution >= 0.6 is 0 Å². The van der Waals surface area contributed by atoms with Gasteiger partial charge in [0.05, 0.1) is 12.1 Å². The van der Waals surface area contributed by atoms with Gasteiger partial charge >= 0.3 is 0 Å². The summed E-state index contributed by atoms with van der Waals surface area (Å²) in [6, 6.07) is 14.8. The number of aliphatic imine (C=N–C) groups is 1. The van der Waals surface area contributed by atoms with Crippen molar-refractivity contribution >= 4 is 11.6 Å². The van der Waals surface area contributed by atoms with Crippen molar-refractivity contribution in [3.63, 3.8) is 0 Å². The van der Waals surface area contributed by atoms with Crippen molar-refractivity contribution in [2.45, 2.75) is 25.4 Å². The minimum absolute atomic E-state index is 0.104. The van der Waals surface area contributed by atoms with Crippen LogP contribution in [-0.4, -0.2) is 26.4 Å². The van der Waals surface area contributed by atoms with E-state index in [1.165, 1.54) is 6.20 Å². The molecule has 1 unspecified atom stereocenters. The molecule has 0 spiro atoms. The number of nitriles is 1. The van der Waals surface area contributed by atoms with Gasteiger partial charge in [-0.25, -0.2) is 0 Å². The van der Waals surface area contributed by atoms with Gasteiger partial charge in [0.15, 0.2) is 5.78 Å². The molecule has 0 saturated heterocycles. The van der Waals surface area contributed by atoms with Crippen molar-refractivity contribution < 1.29 is 4.79 Å². The summed E-state index contributed by atoms with van der Waals surface area (Å²) in [7, 11) is 0. The number of nitrogens with two attached hydrogens (primary N) is 1. The molecule has 1 aliphatic heterocycles. The van der Waals surface area contributed by atoms with E-state index in [-0.39, 0.29) is 12.2 Å². The third kappa shape index (κ3) is 3.16. The SMILES string of the molecule is CC1(c2cccc(CC(=O)c3ccc(C#N)cn3)c2)Cn2nccc2C(N)=N1. The standard InChI is InChI=1S/C21H18N6O/c1-21(13-27-18(7-8-25-27)20(23)26-21)16-4-2-3-14(9-16)10-19(28)17-6-5-15(11-22)12-24-17/h2-9,12H,10,13H2,1H3,(H2,23,26). The molecule has 2 aromatic heterocycles. The zero-order chi connectivity index (χ0) is 19.7. The monoisotopic (exact) mass is 370 g/mol. The zero-order valence-electron chi connectivity index (χ0n) is 15.3. The number of ketones is 1. The molecule has 1 aliphatic rings. The summed E-state index contributed by atoms with van der Waals surface area (Å²) >= 11 is 0. The lowest BCUT2D eigenvalue weighted by Crippen LogP contribution is -2.37. The molecule has 0 bridgehead atoms. The lowest BCUT2D eigenvalue weighted by atomic mass is 9.89. The molecule has 3 aromatic rings. The van der Waals surface area contributed by atoms with Crippen molar-refractivity contribution in [2.24, 2.45) is 10.7 Å². The van der Waals surface area contributed by atoms with Crippen LogP contribution in [0.25, 0.3) is 0 Å². The Hall–Kier alpha value is -3.79. The van der Waals surface area contributed by atoms with E-state index < -0.39 is 5.54 Å². The van der Waals surface area contributed by atoms with Gasteiger partial charge in [-0.05, 0) is 36.2 Å². The molecule has 1 atom stereocenters. The molecule has 28 heavy (non-hydrogen) atoms. The molecule has 2 N–H and O–H groups in total. The lowest BCUT2D eigenvalue weighted by molar-refractivity contribution is 0.0988. The molecule has 0 aliphatic carbocycles. The lowest BCUT2D eigenvalue weighted by Gasteiger charge is -2.31. The van der Waals surface area contributed by atoms with Gasteiger partial charge in [-0.3, -0.25) is 19.5 Å². The molecular formula is C21H18N6O. The summed E-state index contributed by atoms with van der Waals surface area (Å²) < 4.78 is 1.85. The van der Waals surface area contributed by atoms with Crippen LogP contribution in [0, 0.1) is 11.3 Å². The zero-order valence-corrected chi connectivity index (χ0v) is 15.3. The molecule has 138 valence electrons. The number of benzene rings is 1. The van der Waals surface area contributed by atoms with Crippen LogP contribution in [0.3, 0.4) is 0 Å². The first-order valence-electron chi connectivity index (χ1n) is 8.85. The number of amidine groups is 1. The summed E-state index contributed by atoms with van der Waals surface area (Å²) in [6.07, 6.45) is 3.34. The Bertz CT molecular complexity index is 1120. The highest BCUT2D eigenvalue weighted by Crippen LogP contribution is 2.31. The van der Waals surface area contributed by atoms with Crippen LogP contribution in [0.2, 0.25) is 0 Å². The van der Waals surface area contributed by atoms with E-state index in [0.717, 1.165) is 16.8 Å². The normalized spacial score (nSPS) is 18.1. The number of carbonyl (C=O) groups excluding carboxylic acids is 1. The fraction of sp³-hybridized carbons (Fsp3) is 0.190. The first kappa shape index (κ1) is 17.6. The van der Waals surface area contributed by atoms with Crippen LogP contribution in [0.4, 0.5) is 0 Å². The predicted molar refractivity (Wildman–Crippen MR) is 104 cm³/mol. The second kappa shape index (κ2) is 6.74. The Kier molecular flexibility index (Phi) is 4.24. The van der Waals surface area contributed by atoms with Crippen LogP contribution in [0.15, 0.2) is 59.9 Å². The van der Waals surface area contributed by atoms with Crippen LogP contribution < -0.4 is 5.73 Å². The molecule has 4 rings (SSSR count). The molecule has 7 nitrogen and oxygen atoms in total. The fourth-order valence-corrected chi connectivity index (χ4v) is 3.40. The molecule has 0 fully saturated rings. The number of carbonyl (C=O) groups is 1. The second-order valence-corrected chi connectivity index (χ2v) is 6.99. The average molecular weight is 370 g/mol. The summed E-state index contributed by atoms with van der Waals surface area (Å²) in [5.41, 5.74) is 8.99. The maximum absolute atomic E-state index is 12.6. The fourth-order valence-electron chi connectivity index (χ4n) is 3.40. The van der Waals surface area contributed by atoms with E-state index in [2.05, 4.69) is 10.1 Å². The number of Topliss-reactive ketones (excluding diaryl/α,β-unsaturated/α-hetero) is 1. The summed E-state index contributed by atoms with van der Waals surface area (Å²) in [4.78, 5) is 21.3. The number of nitrogens with zero attached hydrogens (tertiary/aromatic N) is 5. The number of rotatable bonds is 4. The average Bonchev–Trinajstić information content (AvgIpc) is 3.17. The van der Waals surface area contributed by atoms with Crippen molar-refractivity contribution in [3.05, 3.63) is 82.9 Å². The first-order chi connectivity index (χ1) is 13.5. The highest BCUT2D eigenvalue weighted by atomic mass is 16.1. The third-order valence-corrected chi connectivity index (χ3v) is 4.90. The van der Waals surface area contributed by atoms with Crippen LogP contribution in [-0.2, 0) is 18.5 Å². The maximum atomic E-state index is 12.6. The molecule has 0 saturated carbocycles. The summed E-state index contributed by atoms with van der Waals surface area (Å²) in [5.74, 6) is 0.349. The number of fused-ring (bicyclic) bond motifs is 1. The van der Waals surface area contributed by atoms with Crippen LogP contribution in [0.5, 0.6) is 0 Å². The molecule has 0 amide bonds. The highest BCUT2D eigenvalue weighted by molar-refractivity contribution is 5.97. The van der Waals surface area contributed by atoms with Crippen molar-refractivity contribution in [1.82, 2.24) is 14.8 Å². The molecular weight excluding hydrogens is 352 g/mol. The predicted octanol–water partition coefficient (Wildman–Crippen LogP) is 2.21. The van der Waals surface area contributed by atoms with Gasteiger partial charge < -0.3 is 5.73 Å². The molecule has 7 heteroatoms. The van der Waals surface area contributed by atoms with Gasteiger partial charge in [-0.2, -0.15) is 10.4 Å². The number of hydrogen-bond donors (Lipinski definition) is 1. The minimum atomic E-state index is -0.561. The van der Waals surface area contributed by atoms with Gasteiger partial charge in [-0.15, -0.1) is 0 Å². The first-order valence-corrected chi connectivity index (χ1v) is 8.85. The van der Waals surface area contributed by atoms with Crippen molar-refractivity contribution in [2.75, 3.05) is 0 Å². The maximum Gasteiger partial charge on any atom is 0.185 e. The van der Waals surface area contributed by atoms with E-state index in [0.29, 0.717) is 23.6 Å². The van der Waals surface area contributed by atoms with E-state index in [9.17, 15) is 4.79 Å². The number of hydrogen-bond acceptors (Lipinski definition) is 6. The Morgan fingerprint density at radius 1 is 1.32 bits per heavy atom. The van der Waals surface area contributed by atoms with Gasteiger partial charge in [0, 0.05) is 18.8 Å². The van der Waals surface area contributed by atoms with E-state index in [1.54, 1.807) is 18.3 Å². The van der Waals surface area contributed by atoms with Crippen molar-refractivity contribution in [1.29, 1.82) is 5.26 Å².